The minimum atomic E-state index is -1.06. The van der Waals surface area contributed by atoms with Crippen molar-refractivity contribution in [1.82, 2.24) is 19.7 Å². The molecule has 3 N–H and O–H groups in total. The molecule has 0 aliphatic heterocycles. The van der Waals surface area contributed by atoms with Gasteiger partial charge in [-0.15, -0.1) is 0 Å². The van der Waals surface area contributed by atoms with Gasteiger partial charge < -0.3 is 10.1 Å². The van der Waals surface area contributed by atoms with Gasteiger partial charge in [-0.2, -0.15) is 5.10 Å². The molecule has 0 saturated carbocycles. The molecule has 0 fully saturated rings. The highest BCUT2D eigenvalue weighted by molar-refractivity contribution is 5.86. The predicted octanol–water partition coefficient (Wildman–Crippen LogP) is 1.25. The van der Waals surface area contributed by atoms with Crippen molar-refractivity contribution in [2.45, 2.75) is 0 Å². The van der Waals surface area contributed by atoms with Crippen molar-refractivity contribution in [3.63, 3.8) is 0 Å². The van der Waals surface area contributed by atoms with Gasteiger partial charge in [0.1, 0.15) is 5.69 Å². The van der Waals surface area contributed by atoms with Crippen LogP contribution in [0.4, 0.5) is 0 Å². The molecule has 2 heterocycles. The molecular weight excluding hydrogens is 260 g/mol. The van der Waals surface area contributed by atoms with Crippen LogP contribution in [0.1, 0.15) is 10.5 Å². The summed E-state index contributed by atoms with van der Waals surface area (Å²) in [7, 11) is 0. The maximum absolute atomic E-state index is 11.5. The summed E-state index contributed by atoms with van der Waals surface area (Å²) in [6.45, 7) is 0. The van der Waals surface area contributed by atoms with E-state index in [1.807, 2.05) is 0 Å². The third-order valence-electron chi connectivity index (χ3n) is 2.90. The largest absolute Gasteiger partial charge is 0.477 e. The van der Waals surface area contributed by atoms with Gasteiger partial charge in [0, 0.05) is 18.0 Å². The highest BCUT2D eigenvalue weighted by Crippen LogP contribution is 2.19. The molecule has 0 amide bonds. The summed E-state index contributed by atoms with van der Waals surface area (Å²) in [5.74, 6) is -1.06. The van der Waals surface area contributed by atoms with E-state index in [0.717, 1.165) is 5.56 Å². The maximum atomic E-state index is 11.5. The molecule has 0 atom stereocenters. The first kappa shape index (κ1) is 12.0. The summed E-state index contributed by atoms with van der Waals surface area (Å²) >= 11 is 0. The number of aromatic nitrogens is 4. The molecule has 0 radical (unpaired) electrons. The van der Waals surface area contributed by atoms with Gasteiger partial charge in [0.25, 0.3) is 0 Å². The first-order valence-electron chi connectivity index (χ1n) is 5.81. The molecule has 3 rings (SSSR count). The first-order valence-corrected chi connectivity index (χ1v) is 5.81. The van der Waals surface area contributed by atoms with Gasteiger partial charge in [-0.3, -0.25) is 9.67 Å². The van der Waals surface area contributed by atoms with Crippen molar-refractivity contribution in [2.24, 2.45) is 0 Å². The number of benzene rings is 1. The molecule has 0 spiro atoms. The van der Waals surface area contributed by atoms with Crippen LogP contribution in [-0.2, 0) is 0 Å². The number of aromatic amines is 2. The standard InChI is InChI=1S/C13H10N4O3/c18-12(19)11-7-10(15-16-11)8-1-3-9(4-2-8)17-6-5-14-13(17)20/h1-7H,(H,14,20)(H,15,16)(H,18,19). The monoisotopic (exact) mass is 270 g/mol. The Hall–Kier alpha value is -3.09. The Morgan fingerprint density at radius 2 is 2.00 bits per heavy atom. The Kier molecular flexibility index (Phi) is 2.72. The molecular formula is C13H10N4O3. The number of carboxylic acids is 1. The van der Waals surface area contributed by atoms with Crippen LogP contribution in [0.25, 0.3) is 16.9 Å². The van der Waals surface area contributed by atoms with Crippen molar-refractivity contribution in [1.29, 1.82) is 0 Å². The zero-order chi connectivity index (χ0) is 14.1. The van der Waals surface area contributed by atoms with Gasteiger partial charge in [0.2, 0.25) is 0 Å². The number of imidazole rings is 1. The number of aromatic carboxylic acids is 1. The third-order valence-corrected chi connectivity index (χ3v) is 2.90. The zero-order valence-corrected chi connectivity index (χ0v) is 10.2. The van der Waals surface area contributed by atoms with Crippen molar-refractivity contribution in [3.05, 3.63) is 58.9 Å². The van der Waals surface area contributed by atoms with Gasteiger partial charge in [-0.05, 0) is 18.2 Å². The van der Waals surface area contributed by atoms with Crippen LogP contribution in [0.2, 0.25) is 0 Å². The molecule has 7 nitrogen and oxygen atoms in total. The van der Waals surface area contributed by atoms with Crippen LogP contribution < -0.4 is 5.69 Å². The molecule has 0 saturated heterocycles. The van der Waals surface area contributed by atoms with E-state index >= 15 is 0 Å². The summed E-state index contributed by atoms with van der Waals surface area (Å²) in [5, 5.41) is 15.2. The van der Waals surface area contributed by atoms with E-state index < -0.39 is 5.97 Å². The highest BCUT2D eigenvalue weighted by atomic mass is 16.4. The lowest BCUT2D eigenvalue weighted by Crippen LogP contribution is -2.13. The quantitative estimate of drug-likeness (QED) is 0.666. The molecule has 20 heavy (non-hydrogen) atoms. The van der Waals surface area contributed by atoms with Crippen LogP contribution in [0.15, 0.2) is 47.5 Å². The summed E-state index contributed by atoms with van der Waals surface area (Å²) in [5.41, 5.74) is 1.84. The number of hydrogen-bond donors (Lipinski definition) is 3. The Balaban J connectivity index is 1.95. The van der Waals surface area contributed by atoms with Crippen molar-refractivity contribution < 1.29 is 9.90 Å². The smallest absolute Gasteiger partial charge is 0.353 e. The van der Waals surface area contributed by atoms with Gasteiger partial charge >= 0.3 is 11.7 Å². The summed E-state index contributed by atoms with van der Waals surface area (Å²) in [6.07, 6.45) is 3.19. The lowest BCUT2D eigenvalue weighted by atomic mass is 10.1. The topological polar surface area (TPSA) is 104 Å². The van der Waals surface area contributed by atoms with Crippen molar-refractivity contribution in [3.8, 4) is 16.9 Å². The average molecular weight is 270 g/mol. The normalized spacial score (nSPS) is 10.6. The fraction of sp³-hybridized carbons (Fsp3) is 0. The first-order chi connectivity index (χ1) is 9.65. The van der Waals surface area contributed by atoms with Gasteiger partial charge in [-0.25, -0.2) is 9.59 Å². The molecule has 2 aromatic heterocycles. The second-order valence-corrected chi connectivity index (χ2v) is 4.15. The van der Waals surface area contributed by atoms with E-state index in [9.17, 15) is 9.59 Å². The Morgan fingerprint density at radius 1 is 1.25 bits per heavy atom. The Labute approximate surface area is 112 Å². The maximum Gasteiger partial charge on any atom is 0.353 e. The second-order valence-electron chi connectivity index (χ2n) is 4.15. The SMILES string of the molecule is O=C(O)c1cc(-c2ccc(-n3cc[nH]c3=O)cc2)n[nH]1. The molecule has 0 unspecified atom stereocenters. The third kappa shape index (κ3) is 2.01. The van der Waals surface area contributed by atoms with Crippen LogP contribution in [0, 0.1) is 0 Å². The number of rotatable bonds is 3. The van der Waals surface area contributed by atoms with E-state index in [2.05, 4.69) is 15.2 Å². The van der Waals surface area contributed by atoms with Crippen LogP contribution in [0.3, 0.4) is 0 Å². The molecule has 100 valence electrons. The number of carboxylic acid groups (broad SMARTS) is 1. The fourth-order valence-electron chi connectivity index (χ4n) is 1.90. The van der Waals surface area contributed by atoms with Crippen LogP contribution in [-0.4, -0.2) is 30.8 Å². The van der Waals surface area contributed by atoms with Crippen molar-refractivity contribution >= 4 is 5.97 Å². The van der Waals surface area contributed by atoms with E-state index in [1.54, 1.807) is 36.7 Å². The molecule has 1 aromatic carbocycles. The second kappa shape index (κ2) is 4.54. The lowest BCUT2D eigenvalue weighted by Gasteiger charge is -2.02. The average Bonchev–Trinajstić information content (AvgIpc) is 3.07. The van der Waals surface area contributed by atoms with Gasteiger partial charge in [0.05, 0.1) is 11.4 Å². The molecule has 7 heteroatoms. The molecule has 0 aliphatic rings. The van der Waals surface area contributed by atoms with Crippen LogP contribution in [0.5, 0.6) is 0 Å². The van der Waals surface area contributed by atoms with Gasteiger partial charge in [0.15, 0.2) is 0 Å². The number of nitrogens with zero attached hydrogens (tertiary/aromatic N) is 2. The highest BCUT2D eigenvalue weighted by Gasteiger charge is 2.09. The number of hydrogen-bond acceptors (Lipinski definition) is 3. The van der Waals surface area contributed by atoms with Gasteiger partial charge in [-0.1, -0.05) is 12.1 Å². The minimum Gasteiger partial charge on any atom is -0.477 e. The zero-order valence-electron chi connectivity index (χ0n) is 10.2. The summed E-state index contributed by atoms with van der Waals surface area (Å²) < 4.78 is 1.47. The summed E-state index contributed by atoms with van der Waals surface area (Å²) in [4.78, 5) is 24.8. The molecule has 3 aromatic rings. The van der Waals surface area contributed by atoms with E-state index in [0.29, 0.717) is 11.4 Å². The van der Waals surface area contributed by atoms with E-state index in [4.69, 9.17) is 5.11 Å². The predicted molar refractivity (Wildman–Crippen MR) is 70.9 cm³/mol. The number of carbonyl (C=O) groups is 1. The van der Waals surface area contributed by atoms with Crippen LogP contribution >= 0.6 is 0 Å². The van der Waals surface area contributed by atoms with E-state index in [1.165, 1.54) is 10.6 Å². The van der Waals surface area contributed by atoms with Crippen molar-refractivity contribution in [2.75, 3.05) is 0 Å². The Bertz CT molecular complexity index is 811. The Morgan fingerprint density at radius 3 is 2.55 bits per heavy atom. The molecule has 0 aliphatic carbocycles. The number of H-pyrrole nitrogens is 2. The fourth-order valence-corrected chi connectivity index (χ4v) is 1.90. The number of nitrogens with one attached hydrogen (secondary N) is 2. The van der Waals surface area contributed by atoms with E-state index in [-0.39, 0.29) is 11.4 Å². The summed E-state index contributed by atoms with van der Waals surface area (Å²) in [6, 6.07) is 8.53. The molecule has 0 bridgehead atoms. The lowest BCUT2D eigenvalue weighted by molar-refractivity contribution is 0.0690. The minimum absolute atomic E-state index is 0.0333.